The monoisotopic (exact) mass is 194 g/mol. The Morgan fingerprint density at radius 3 is 2.14 bits per heavy atom. The molecule has 2 saturated heterocycles. The first-order valence-electron chi connectivity index (χ1n) is 6.02. The van der Waals surface area contributed by atoms with Crippen LogP contribution in [0.5, 0.6) is 0 Å². The van der Waals surface area contributed by atoms with Crippen molar-refractivity contribution >= 4 is 0 Å². The summed E-state index contributed by atoms with van der Waals surface area (Å²) in [4.78, 5) is 5.16. The lowest BCUT2D eigenvalue weighted by molar-refractivity contribution is 0.310. The molecule has 2 heteroatoms. The Bertz CT molecular complexity index is 198. The number of nitrogens with zero attached hydrogens (tertiary/aromatic N) is 2. The summed E-state index contributed by atoms with van der Waals surface area (Å²) in [6, 6.07) is 0. The normalized spacial score (nSPS) is 24.9. The van der Waals surface area contributed by atoms with Gasteiger partial charge in [-0.05, 0) is 45.7 Å². The Kier molecular flexibility index (Phi) is 3.46. The van der Waals surface area contributed by atoms with E-state index >= 15 is 0 Å². The van der Waals surface area contributed by atoms with Gasteiger partial charge in [0.1, 0.15) is 0 Å². The second kappa shape index (κ2) is 4.83. The van der Waals surface area contributed by atoms with Gasteiger partial charge < -0.3 is 4.90 Å². The van der Waals surface area contributed by atoms with Gasteiger partial charge >= 0.3 is 0 Å². The van der Waals surface area contributed by atoms with Gasteiger partial charge in [-0.25, -0.2) is 0 Å². The zero-order chi connectivity index (χ0) is 9.80. The highest BCUT2D eigenvalue weighted by molar-refractivity contribution is 5.04. The van der Waals surface area contributed by atoms with Crippen LogP contribution < -0.4 is 0 Å². The van der Waals surface area contributed by atoms with E-state index in [0.29, 0.717) is 0 Å². The van der Waals surface area contributed by atoms with Crippen LogP contribution in [0.2, 0.25) is 0 Å². The van der Waals surface area contributed by atoms with Crippen molar-refractivity contribution in [3.05, 3.63) is 11.8 Å². The van der Waals surface area contributed by atoms with E-state index in [0.717, 1.165) is 0 Å². The van der Waals surface area contributed by atoms with Gasteiger partial charge in [-0.1, -0.05) is 6.08 Å². The summed E-state index contributed by atoms with van der Waals surface area (Å²) in [5.74, 6) is 0. The molecular formula is C12H22N2. The summed E-state index contributed by atoms with van der Waals surface area (Å²) in [5, 5.41) is 0. The van der Waals surface area contributed by atoms with Crippen LogP contribution in [0.3, 0.4) is 0 Å². The average Bonchev–Trinajstić information content (AvgIpc) is 2.86. The molecular weight excluding hydrogens is 172 g/mol. The SMILES string of the molecule is CC=C(CN1CCCC1)N1CCCC1. The van der Waals surface area contributed by atoms with Crippen molar-refractivity contribution in [3.8, 4) is 0 Å². The number of likely N-dealkylation sites (tertiary alicyclic amines) is 2. The van der Waals surface area contributed by atoms with Gasteiger partial charge in [0, 0.05) is 25.3 Å². The van der Waals surface area contributed by atoms with Crippen LogP contribution in [0.15, 0.2) is 11.8 Å². The standard InChI is InChI=1S/C12H22N2/c1-2-12(14-9-5-6-10-14)11-13-7-3-4-8-13/h2H,3-11H2,1H3. The molecule has 0 N–H and O–H groups in total. The molecule has 2 aliphatic heterocycles. The van der Waals surface area contributed by atoms with Crippen molar-refractivity contribution in [2.24, 2.45) is 0 Å². The summed E-state index contributed by atoms with van der Waals surface area (Å²) in [6.45, 7) is 8.57. The van der Waals surface area contributed by atoms with Gasteiger partial charge in [-0.3, -0.25) is 4.90 Å². The van der Waals surface area contributed by atoms with Gasteiger partial charge in [0.2, 0.25) is 0 Å². The lowest BCUT2D eigenvalue weighted by Crippen LogP contribution is -2.30. The van der Waals surface area contributed by atoms with Gasteiger partial charge in [0.25, 0.3) is 0 Å². The third-order valence-corrected chi connectivity index (χ3v) is 3.43. The van der Waals surface area contributed by atoms with Crippen LogP contribution in [0.1, 0.15) is 32.6 Å². The molecule has 80 valence electrons. The van der Waals surface area contributed by atoms with Gasteiger partial charge in [0.15, 0.2) is 0 Å². The van der Waals surface area contributed by atoms with Crippen molar-refractivity contribution < 1.29 is 0 Å². The number of hydrogen-bond donors (Lipinski definition) is 0. The third-order valence-electron chi connectivity index (χ3n) is 3.43. The number of hydrogen-bond acceptors (Lipinski definition) is 2. The van der Waals surface area contributed by atoms with Crippen LogP contribution in [-0.2, 0) is 0 Å². The molecule has 0 unspecified atom stereocenters. The quantitative estimate of drug-likeness (QED) is 0.678. The molecule has 0 aromatic rings. The Hall–Kier alpha value is -0.500. The van der Waals surface area contributed by atoms with Crippen LogP contribution in [0.25, 0.3) is 0 Å². The zero-order valence-corrected chi connectivity index (χ0v) is 9.34. The summed E-state index contributed by atoms with van der Waals surface area (Å²) in [7, 11) is 0. The summed E-state index contributed by atoms with van der Waals surface area (Å²) in [6.07, 6.45) is 7.88. The van der Waals surface area contributed by atoms with Crippen LogP contribution in [0.4, 0.5) is 0 Å². The second-order valence-electron chi connectivity index (χ2n) is 4.46. The van der Waals surface area contributed by atoms with E-state index in [-0.39, 0.29) is 0 Å². The molecule has 0 aromatic carbocycles. The molecule has 2 rings (SSSR count). The largest absolute Gasteiger partial charge is 0.374 e. The highest BCUT2D eigenvalue weighted by atomic mass is 15.2. The fourth-order valence-electron chi connectivity index (χ4n) is 2.55. The molecule has 0 atom stereocenters. The number of rotatable bonds is 3. The van der Waals surface area contributed by atoms with Crippen LogP contribution in [0, 0.1) is 0 Å². The fourth-order valence-corrected chi connectivity index (χ4v) is 2.55. The summed E-state index contributed by atoms with van der Waals surface area (Å²) in [5.41, 5.74) is 1.56. The third kappa shape index (κ3) is 2.30. The molecule has 0 bridgehead atoms. The van der Waals surface area contributed by atoms with E-state index in [1.54, 1.807) is 5.70 Å². The Morgan fingerprint density at radius 2 is 1.57 bits per heavy atom. The molecule has 0 aromatic heterocycles. The second-order valence-corrected chi connectivity index (χ2v) is 4.46. The van der Waals surface area contributed by atoms with Gasteiger partial charge in [-0.2, -0.15) is 0 Å². The average molecular weight is 194 g/mol. The molecule has 2 fully saturated rings. The molecule has 2 heterocycles. The maximum absolute atomic E-state index is 2.59. The van der Waals surface area contributed by atoms with Crippen molar-refractivity contribution in [3.63, 3.8) is 0 Å². The maximum Gasteiger partial charge on any atom is 0.0380 e. The zero-order valence-electron chi connectivity index (χ0n) is 9.34. The van der Waals surface area contributed by atoms with Gasteiger partial charge in [0.05, 0.1) is 0 Å². The minimum Gasteiger partial charge on any atom is -0.374 e. The van der Waals surface area contributed by atoms with E-state index in [2.05, 4.69) is 22.8 Å². The van der Waals surface area contributed by atoms with Crippen molar-refractivity contribution in [2.75, 3.05) is 32.7 Å². The Morgan fingerprint density at radius 1 is 1.00 bits per heavy atom. The van der Waals surface area contributed by atoms with E-state index in [4.69, 9.17) is 0 Å². The molecule has 0 spiro atoms. The van der Waals surface area contributed by atoms with E-state index < -0.39 is 0 Å². The molecule has 0 saturated carbocycles. The van der Waals surface area contributed by atoms with E-state index in [1.165, 1.54) is 58.4 Å². The predicted molar refractivity (Wildman–Crippen MR) is 60.2 cm³/mol. The highest BCUT2D eigenvalue weighted by Gasteiger charge is 2.18. The summed E-state index contributed by atoms with van der Waals surface area (Å²) < 4.78 is 0. The molecule has 2 nitrogen and oxygen atoms in total. The van der Waals surface area contributed by atoms with Crippen molar-refractivity contribution in [1.29, 1.82) is 0 Å². The summed E-state index contributed by atoms with van der Waals surface area (Å²) >= 11 is 0. The Labute approximate surface area is 87.6 Å². The molecule has 0 aliphatic carbocycles. The maximum atomic E-state index is 2.59. The molecule has 14 heavy (non-hydrogen) atoms. The fraction of sp³-hybridized carbons (Fsp3) is 0.833. The topological polar surface area (TPSA) is 6.48 Å². The lowest BCUT2D eigenvalue weighted by Gasteiger charge is -2.25. The molecule has 0 radical (unpaired) electrons. The predicted octanol–water partition coefficient (Wildman–Crippen LogP) is 2.08. The minimum absolute atomic E-state index is 1.19. The number of allylic oxidation sites excluding steroid dienone is 1. The Balaban J connectivity index is 1.86. The first-order valence-corrected chi connectivity index (χ1v) is 6.02. The lowest BCUT2D eigenvalue weighted by atomic mass is 10.3. The minimum atomic E-state index is 1.19. The smallest absolute Gasteiger partial charge is 0.0380 e. The van der Waals surface area contributed by atoms with E-state index in [1.807, 2.05) is 0 Å². The first kappa shape index (κ1) is 10.0. The van der Waals surface area contributed by atoms with Gasteiger partial charge in [-0.15, -0.1) is 0 Å². The molecule has 0 amide bonds. The van der Waals surface area contributed by atoms with E-state index in [9.17, 15) is 0 Å². The molecule has 2 aliphatic rings. The van der Waals surface area contributed by atoms with Crippen LogP contribution >= 0.6 is 0 Å². The van der Waals surface area contributed by atoms with Crippen molar-refractivity contribution in [1.82, 2.24) is 9.80 Å². The van der Waals surface area contributed by atoms with Crippen molar-refractivity contribution in [2.45, 2.75) is 32.6 Å². The van der Waals surface area contributed by atoms with Crippen LogP contribution in [-0.4, -0.2) is 42.5 Å². The first-order chi connectivity index (χ1) is 6.90. The highest BCUT2D eigenvalue weighted by Crippen LogP contribution is 2.17.